The third-order valence-corrected chi connectivity index (χ3v) is 5.35. The third kappa shape index (κ3) is 4.07. The summed E-state index contributed by atoms with van der Waals surface area (Å²) >= 11 is 1.20. The van der Waals surface area contributed by atoms with E-state index in [1.54, 1.807) is 6.07 Å². The Labute approximate surface area is 121 Å². The second-order valence-electron chi connectivity index (χ2n) is 4.10. The highest BCUT2D eigenvalue weighted by Gasteiger charge is 2.17. The molecule has 0 aliphatic rings. The lowest BCUT2D eigenvalue weighted by atomic mass is 10.3. The SMILES string of the molecule is CCCNCc1csc(S(=O)(=O)NCc2nn[nH]n2)c1. The summed E-state index contributed by atoms with van der Waals surface area (Å²) in [4.78, 5) is 0. The van der Waals surface area contributed by atoms with Crippen LogP contribution in [0.4, 0.5) is 0 Å². The predicted molar refractivity (Wildman–Crippen MR) is 74.5 cm³/mol. The van der Waals surface area contributed by atoms with E-state index in [1.165, 1.54) is 11.3 Å². The number of H-pyrrole nitrogens is 1. The number of nitrogens with one attached hydrogen (secondary N) is 3. The molecule has 0 atom stereocenters. The Morgan fingerprint density at radius 1 is 1.40 bits per heavy atom. The van der Waals surface area contributed by atoms with Gasteiger partial charge in [-0.25, -0.2) is 13.1 Å². The Hall–Kier alpha value is -1.36. The zero-order valence-electron chi connectivity index (χ0n) is 11.0. The molecule has 2 aromatic heterocycles. The van der Waals surface area contributed by atoms with Crippen LogP contribution in [0, 0.1) is 0 Å². The molecule has 20 heavy (non-hydrogen) atoms. The first-order valence-corrected chi connectivity index (χ1v) is 8.48. The van der Waals surface area contributed by atoms with Crippen LogP contribution in [0.25, 0.3) is 0 Å². The molecule has 110 valence electrons. The van der Waals surface area contributed by atoms with Crippen LogP contribution in [0.3, 0.4) is 0 Å². The smallest absolute Gasteiger partial charge is 0.250 e. The van der Waals surface area contributed by atoms with Crippen LogP contribution < -0.4 is 10.0 Å². The van der Waals surface area contributed by atoms with Crippen molar-refractivity contribution in [3.05, 3.63) is 22.8 Å². The average molecular weight is 316 g/mol. The molecule has 0 aliphatic carbocycles. The van der Waals surface area contributed by atoms with Gasteiger partial charge < -0.3 is 5.32 Å². The number of hydrogen-bond donors (Lipinski definition) is 3. The van der Waals surface area contributed by atoms with Crippen LogP contribution in [0.5, 0.6) is 0 Å². The van der Waals surface area contributed by atoms with Crippen molar-refractivity contribution in [3.63, 3.8) is 0 Å². The highest BCUT2D eigenvalue weighted by atomic mass is 32.2. The normalized spacial score (nSPS) is 11.8. The maximum atomic E-state index is 12.1. The summed E-state index contributed by atoms with van der Waals surface area (Å²) in [6.45, 7) is 3.68. The van der Waals surface area contributed by atoms with Crippen molar-refractivity contribution in [1.29, 1.82) is 0 Å². The largest absolute Gasteiger partial charge is 0.313 e. The lowest BCUT2D eigenvalue weighted by Crippen LogP contribution is -2.23. The number of aromatic nitrogens is 4. The number of aromatic amines is 1. The zero-order chi connectivity index (χ0) is 14.4. The van der Waals surface area contributed by atoms with Gasteiger partial charge in [0.15, 0.2) is 5.82 Å². The van der Waals surface area contributed by atoms with Crippen molar-refractivity contribution in [1.82, 2.24) is 30.7 Å². The number of hydrogen-bond acceptors (Lipinski definition) is 7. The van der Waals surface area contributed by atoms with Crippen molar-refractivity contribution in [2.45, 2.75) is 30.6 Å². The van der Waals surface area contributed by atoms with Crippen molar-refractivity contribution >= 4 is 21.4 Å². The van der Waals surface area contributed by atoms with E-state index in [0.29, 0.717) is 12.4 Å². The summed E-state index contributed by atoms with van der Waals surface area (Å²) in [5, 5.41) is 18.1. The van der Waals surface area contributed by atoms with E-state index in [9.17, 15) is 8.42 Å². The van der Waals surface area contributed by atoms with E-state index in [0.717, 1.165) is 18.5 Å². The van der Waals surface area contributed by atoms with Gasteiger partial charge in [0.2, 0.25) is 10.0 Å². The minimum Gasteiger partial charge on any atom is -0.313 e. The topological polar surface area (TPSA) is 113 Å². The molecule has 0 amide bonds. The van der Waals surface area contributed by atoms with Crippen LogP contribution in [0.2, 0.25) is 0 Å². The summed E-state index contributed by atoms with van der Waals surface area (Å²) in [5.74, 6) is 0.301. The fraction of sp³-hybridized carbons (Fsp3) is 0.500. The maximum Gasteiger partial charge on any atom is 0.250 e. The van der Waals surface area contributed by atoms with Gasteiger partial charge in [-0.2, -0.15) is 5.21 Å². The fourth-order valence-electron chi connectivity index (χ4n) is 1.48. The number of tetrazole rings is 1. The Morgan fingerprint density at radius 2 is 2.25 bits per heavy atom. The first-order valence-electron chi connectivity index (χ1n) is 6.12. The average Bonchev–Trinajstić information content (AvgIpc) is 3.08. The molecular formula is C10H16N6O2S2. The van der Waals surface area contributed by atoms with E-state index in [4.69, 9.17) is 0 Å². The van der Waals surface area contributed by atoms with Crippen LogP contribution in [-0.4, -0.2) is 35.6 Å². The van der Waals surface area contributed by atoms with Crippen molar-refractivity contribution in [2.75, 3.05) is 6.54 Å². The van der Waals surface area contributed by atoms with Crippen molar-refractivity contribution in [2.24, 2.45) is 0 Å². The molecule has 2 heterocycles. The van der Waals surface area contributed by atoms with Gasteiger partial charge in [-0.15, -0.1) is 21.5 Å². The second-order valence-corrected chi connectivity index (χ2v) is 7.01. The molecule has 0 spiro atoms. The monoisotopic (exact) mass is 316 g/mol. The van der Waals surface area contributed by atoms with Gasteiger partial charge in [-0.1, -0.05) is 12.1 Å². The molecule has 0 aromatic carbocycles. The number of thiophene rings is 1. The lowest BCUT2D eigenvalue weighted by Gasteiger charge is -2.01. The Bertz CT molecular complexity index is 622. The van der Waals surface area contributed by atoms with E-state index in [2.05, 4.69) is 37.6 Å². The predicted octanol–water partition coefficient (Wildman–Crippen LogP) is 0.239. The van der Waals surface area contributed by atoms with E-state index >= 15 is 0 Å². The molecule has 0 bridgehead atoms. The van der Waals surface area contributed by atoms with Gasteiger partial charge in [0, 0.05) is 6.54 Å². The van der Waals surface area contributed by atoms with Crippen LogP contribution in [-0.2, 0) is 23.1 Å². The van der Waals surface area contributed by atoms with Crippen LogP contribution in [0.15, 0.2) is 15.7 Å². The summed E-state index contributed by atoms with van der Waals surface area (Å²) in [6, 6.07) is 1.67. The molecule has 3 N–H and O–H groups in total. The molecule has 0 aliphatic heterocycles. The molecular weight excluding hydrogens is 300 g/mol. The minimum absolute atomic E-state index is 0.0140. The quantitative estimate of drug-likeness (QED) is 0.601. The molecule has 8 nitrogen and oxygen atoms in total. The second kappa shape index (κ2) is 6.88. The standard InChI is InChI=1S/C10H16N6O2S2/c1-2-3-11-5-8-4-10(19-7-8)20(17,18)12-6-9-13-15-16-14-9/h4,7,11-12H,2-3,5-6H2,1H3,(H,13,14,15,16). The van der Waals surface area contributed by atoms with E-state index < -0.39 is 10.0 Å². The number of rotatable bonds is 8. The Kier molecular flexibility index (Phi) is 5.17. The molecule has 2 aromatic rings. The highest BCUT2D eigenvalue weighted by molar-refractivity contribution is 7.91. The third-order valence-electron chi connectivity index (χ3n) is 2.46. The zero-order valence-corrected chi connectivity index (χ0v) is 12.6. The Morgan fingerprint density at radius 3 is 2.95 bits per heavy atom. The first-order chi connectivity index (χ1) is 9.62. The van der Waals surface area contributed by atoms with E-state index in [-0.39, 0.29) is 10.8 Å². The van der Waals surface area contributed by atoms with Crippen molar-refractivity contribution in [3.8, 4) is 0 Å². The van der Waals surface area contributed by atoms with Gasteiger partial charge in [0.1, 0.15) is 4.21 Å². The fourth-order valence-corrected chi connectivity index (χ4v) is 3.72. The van der Waals surface area contributed by atoms with E-state index in [1.807, 2.05) is 5.38 Å². The van der Waals surface area contributed by atoms with Crippen molar-refractivity contribution < 1.29 is 8.42 Å². The molecule has 0 saturated heterocycles. The van der Waals surface area contributed by atoms with Crippen LogP contribution >= 0.6 is 11.3 Å². The molecule has 0 unspecified atom stereocenters. The Balaban J connectivity index is 1.95. The summed E-state index contributed by atoms with van der Waals surface area (Å²) in [6.07, 6.45) is 1.04. The van der Waals surface area contributed by atoms with Gasteiger partial charge in [0.05, 0.1) is 6.54 Å². The first kappa shape index (κ1) is 15.0. The highest BCUT2D eigenvalue weighted by Crippen LogP contribution is 2.20. The summed E-state index contributed by atoms with van der Waals surface area (Å²) in [7, 11) is -3.53. The van der Waals surface area contributed by atoms with Gasteiger partial charge in [-0.05, 0) is 30.0 Å². The molecule has 0 radical (unpaired) electrons. The van der Waals surface area contributed by atoms with Crippen LogP contribution in [0.1, 0.15) is 24.7 Å². The summed E-state index contributed by atoms with van der Waals surface area (Å²) < 4.78 is 26.8. The number of nitrogens with zero attached hydrogens (tertiary/aromatic N) is 3. The summed E-state index contributed by atoms with van der Waals surface area (Å²) in [5.41, 5.74) is 0.961. The minimum atomic E-state index is -3.53. The molecule has 10 heteroatoms. The lowest BCUT2D eigenvalue weighted by molar-refractivity contribution is 0.581. The molecule has 2 rings (SSSR count). The van der Waals surface area contributed by atoms with Gasteiger partial charge in [-0.3, -0.25) is 0 Å². The van der Waals surface area contributed by atoms with Gasteiger partial charge in [0.25, 0.3) is 0 Å². The number of sulfonamides is 1. The molecule has 0 saturated carbocycles. The molecule has 0 fully saturated rings. The van der Waals surface area contributed by atoms with Gasteiger partial charge >= 0.3 is 0 Å². The maximum absolute atomic E-state index is 12.1.